The van der Waals surface area contributed by atoms with Crippen molar-refractivity contribution in [3.63, 3.8) is 0 Å². The second-order valence-electron chi connectivity index (χ2n) is 8.59. The van der Waals surface area contributed by atoms with Crippen LogP contribution in [0.2, 0.25) is 0 Å². The molecule has 0 spiro atoms. The van der Waals surface area contributed by atoms with E-state index in [1.54, 1.807) is 13.0 Å². The van der Waals surface area contributed by atoms with Crippen molar-refractivity contribution in [3.05, 3.63) is 82.6 Å². The molecule has 2 heterocycles. The van der Waals surface area contributed by atoms with Crippen LogP contribution in [0.4, 0.5) is 0 Å². The van der Waals surface area contributed by atoms with E-state index in [1.165, 1.54) is 16.3 Å². The second-order valence-corrected chi connectivity index (χ2v) is 8.59. The summed E-state index contributed by atoms with van der Waals surface area (Å²) in [5.74, 6) is 1.32. The maximum Gasteiger partial charge on any atom is 0.267 e. The number of benzene rings is 2. The molecule has 1 fully saturated rings. The Morgan fingerprint density at radius 2 is 1.73 bits per heavy atom. The number of piperidine rings is 1. The number of amides is 1. The van der Waals surface area contributed by atoms with Gasteiger partial charge < -0.3 is 9.64 Å². The summed E-state index contributed by atoms with van der Waals surface area (Å²) in [5.41, 5.74) is 2.59. The van der Waals surface area contributed by atoms with Gasteiger partial charge in [0.25, 0.3) is 5.56 Å². The molecule has 1 amide bonds. The molecule has 0 N–H and O–H groups in total. The van der Waals surface area contributed by atoms with E-state index < -0.39 is 6.04 Å². The Morgan fingerprint density at radius 1 is 1.03 bits per heavy atom. The van der Waals surface area contributed by atoms with Crippen LogP contribution < -0.4 is 10.3 Å². The number of hydrogen-bond donors (Lipinski definition) is 0. The van der Waals surface area contributed by atoms with Gasteiger partial charge in [-0.2, -0.15) is 5.10 Å². The van der Waals surface area contributed by atoms with Gasteiger partial charge in [-0.1, -0.05) is 30.3 Å². The SMILES string of the molecule is CCOc1ccc(-c2ccc(=O)n(C(C)C(=O)N3CCC(Cc4ccccc4)CC3)n2)cc1. The highest BCUT2D eigenvalue weighted by atomic mass is 16.5. The van der Waals surface area contributed by atoms with Crippen LogP contribution >= 0.6 is 0 Å². The normalized spacial score (nSPS) is 15.3. The predicted molar refractivity (Wildman–Crippen MR) is 129 cm³/mol. The number of rotatable bonds is 7. The van der Waals surface area contributed by atoms with Crippen LogP contribution in [0.3, 0.4) is 0 Å². The van der Waals surface area contributed by atoms with Gasteiger partial charge in [-0.25, -0.2) is 4.68 Å². The summed E-state index contributed by atoms with van der Waals surface area (Å²) in [7, 11) is 0. The van der Waals surface area contributed by atoms with Gasteiger partial charge in [0.15, 0.2) is 0 Å². The van der Waals surface area contributed by atoms with Crippen molar-refractivity contribution in [1.29, 1.82) is 0 Å². The lowest BCUT2D eigenvalue weighted by atomic mass is 9.90. The molecule has 1 saturated heterocycles. The third kappa shape index (κ3) is 5.51. The van der Waals surface area contributed by atoms with Gasteiger partial charge >= 0.3 is 0 Å². The Bertz CT molecular complexity index is 1120. The molecular formula is C27H31N3O3. The highest BCUT2D eigenvalue weighted by Gasteiger charge is 2.28. The van der Waals surface area contributed by atoms with E-state index in [2.05, 4.69) is 29.4 Å². The zero-order valence-corrected chi connectivity index (χ0v) is 19.3. The summed E-state index contributed by atoms with van der Waals surface area (Å²) in [6.45, 7) is 5.73. The van der Waals surface area contributed by atoms with Crippen molar-refractivity contribution in [2.45, 2.75) is 39.2 Å². The maximum absolute atomic E-state index is 13.2. The monoisotopic (exact) mass is 445 g/mol. The van der Waals surface area contributed by atoms with Crippen molar-refractivity contribution in [1.82, 2.24) is 14.7 Å². The van der Waals surface area contributed by atoms with Crippen LogP contribution in [-0.2, 0) is 11.2 Å². The maximum atomic E-state index is 13.2. The Hall–Kier alpha value is -3.41. The number of carbonyl (C=O) groups excluding carboxylic acids is 1. The van der Waals surface area contributed by atoms with Crippen LogP contribution in [0.5, 0.6) is 5.75 Å². The molecule has 1 aliphatic heterocycles. The highest BCUT2D eigenvalue weighted by Crippen LogP contribution is 2.24. The van der Waals surface area contributed by atoms with E-state index in [9.17, 15) is 9.59 Å². The Balaban J connectivity index is 1.42. The first kappa shape index (κ1) is 22.8. The fourth-order valence-electron chi connectivity index (χ4n) is 4.42. The molecule has 6 heteroatoms. The number of ether oxygens (including phenoxy) is 1. The number of hydrogen-bond acceptors (Lipinski definition) is 4. The van der Waals surface area contributed by atoms with Crippen molar-refractivity contribution in [2.75, 3.05) is 19.7 Å². The summed E-state index contributed by atoms with van der Waals surface area (Å²) in [5, 5.41) is 4.52. The molecule has 2 aromatic carbocycles. The standard InChI is InChI=1S/C27H31N3O3/c1-3-33-24-11-9-23(10-12-24)25-13-14-26(31)30(28-25)20(2)27(32)29-17-15-22(16-18-29)19-21-7-5-4-6-8-21/h4-14,20,22H,3,15-19H2,1-2H3. The minimum absolute atomic E-state index is 0.0494. The largest absolute Gasteiger partial charge is 0.494 e. The summed E-state index contributed by atoms with van der Waals surface area (Å²) < 4.78 is 6.80. The molecule has 1 aliphatic rings. The molecule has 4 rings (SSSR count). The molecule has 6 nitrogen and oxygen atoms in total. The first-order chi connectivity index (χ1) is 16.0. The Labute approximate surface area is 194 Å². The third-order valence-corrected chi connectivity index (χ3v) is 6.30. The van der Waals surface area contributed by atoms with Gasteiger partial charge in [0.2, 0.25) is 5.91 Å². The first-order valence-corrected chi connectivity index (χ1v) is 11.7. The van der Waals surface area contributed by atoms with Gasteiger partial charge in [0, 0.05) is 24.7 Å². The molecule has 0 bridgehead atoms. The number of nitrogens with zero attached hydrogens (tertiary/aromatic N) is 3. The predicted octanol–water partition coefficient (Wildman–Crippen LogP) is 4.35. The summed E-state index contributed by atoms with van der Waals surface area (Å²) in [4.78, 5) is 27.6. The zero-order valence-electron chi connectivity index (χ0n) is 19.3. The minimum Gasteiger partial charge on any atom is -0.494 e. The molecule has 33 heavy (non-hydrogen) atoms. The molecule has 3 aromatic rings. The van der Waals surface area contributed by atoms with E-state index in [-0.39, 0.29) is 11.5 Å². The molecule has 0 aliphatic carbocycles. The number of carbonyl (C=O) groups is 1. The molecule has 0 radical (unpaired) electrons. The van der Waals surface area contributed by atoms with Crippen molar-refractivity contribution in [3.8, 4) is 17.0 Å². The topological polar surface area (TPSA) is 64.4 Å². The molecule has 1 aromatic heterocycles. The molecule has 1 unspecified atom stereocenters. The lowest BCUT2D eigenvalue weighted by Gasteiger charge is -2.33. The van der Waals surface area contributed by atoms with Gasteiger partial charge in [-0.15, -0.1) is 0 Å². The average molecular weight is 446 g/mol. The Kier molecular flexibility index (Phi) is 7.23. The number of aromatic nitrogens is 2. The first-order valence-electron chi connectivity index (χ1n) is 11.7. The third-order valence-electron chi connectivity index (χ3n) is 6.30. The fraction of sp³-hybridized carbons (Fsp3) is 0.370. The van der Waals surface area contributed by atoms with Crippen LogP contribution in [0.1, 0.15) is 38.3 Å². The van der Waals surface area contributed by atoms with Crippen molar-refractivity contribution in [2.24, 2.45) is 5.92 Å². The Morgan fingerprint density at radius 3 is 2.39 bits per heavy atom. The highest BCUT2D eigenvalue weighted by molar-refractivity contribution is 5.80. The van der Waals surface area contributed by atoms with Crippen molar-refractivity contribution >= 4 is 5.91 Å². The smallest absolute Gasteiger partial charge is 0.267 e. The second kappa shape index (κ2) is 10.5. The van der Waals surface area contributed by atoms with E-state index in [1.807, 2.05) is 42.2 Å². The molecular weight excluding hydrogens is 414 g/mol. The van der Waals surface area contributed by atoms with Crippen LogP contribution in [0, 0.1) is 5.92 Å². The number of likely N-dealkylation sites (tertiary alicyclic amines) is 1. The van der Waals surface area contributed by atoms with Crippen LogP contribution in [0.15, 0.2) is 71.5 Å². The average Bonchev–Trinajstić information content (AvgIpc) is 2.85. The van der Waals surface area contributed by atoms with Gasteiger partial charge in [-0.3, -0.25) is 9.59 Å². The fourth-order valence-corrected chi connectivity index (χ4v) is 4.42. The van der Waals surface area contributed by atoms with E-state index >= 15 is 0 Å². The summed E-state index contributed by atoms with van der Waals surface area (Å²) in [6.07, 6.45) is 2.99. The molecule has 1 atom stereocenters. The quantitative estimate of drug-likeness (QED) is 0.542. The summed E-state index contributed by atoms with van der Waals surface area (Å²) >= 11 is 0. The van der Waals surface area contributed by atoms with Gasteiger partial charge in [-0.05, 0) is 74.9 Å². The van der Waals surface area contributed by atoms with E-state index in [4.69, 9.17) is 4.74 Å². The molecule has 0 saturated carbocycles. The lowest BCUT2D eigenvalue weighted by Crippen LogP contribution is -2.44. The molecule has 172 valence electrons. The van der Waals surface area contributed by atoms with Gasteiger partial charge in [0.1, 0.15) is 11.8 Å². The zero-order chi connectivity index (χ0) is 23.2. The van der Waals surface area contributed by atoms with Crippen LogP contribution in [0.25, 0.3) is 11.3 Å². The minimum atomic E-state index is -0.647. The summed E-state index contributed by atoms with van der Waals surface area (Å²) in [6, 6.07) is 20.6. The van der Waals surface area contributed by atoms with Crippen LogP contribution in [-0.4, -0.2) is 40.3 Å². The lowest BCUT2D eigenvalue weighted by molar-refractivity contribution is -0.136. The van der Waals surface area contributed by atoms with Gasteiger partial charge in [0.05, 0.1) is 12.3 Å². The van der Waals surface area contributed by atoms with E-state index in [0.29, 0.717) is 31.3 Å². The van der Waals surface area contributed by atoms with Crippen molar-refractivity contribution < 1.29 is 9.53 Å². The van der Waals surface area contributed by atoms with E-state index in [0.717, 1.165) is 30.6 Å².